The number of ether oxygens (including phenoxy) is 2. The van der Waals surface area contributed by atoms with Gasteiger partial charge in [-0.15, -0.1) is 5.10 Å². The highest BCUT2D eigenvalue weighted by Crippen LogP contribution is 2.22. The van der Waals surface area contributed by atoms with Crippen molar-refractivity contribution in [1.29, 1.82) is 0 Å². The maximum atomic E-state index is 12.2. The average molecular weight is 360 g/mol. The minimum atomic E-state index is -2.92. The molecule has 134 valence electrons. The van der Waals surface area contributed by atoms with Gasteiger partial charge in [0.05, 0.1) is 11.3 Å². The van der Waals surface area contributed by atoms with Crippen LogP contribution in [0.5, 0.6) is 5.75 Å². The lowest BCUT2D eigenvalue weighted by Crippen LogP contribution is -2.10. The smallest absolute Gasteiger partial charge is 0.387 e. The second-order valence-electron chi connectivity index (χ2n) is 5.30. The summed E-state index contributed by atoms with van der Waals surface area (Å²) in [6.45, 7) is -1.19. The van der Waals surface area contributed by atoms with Gasteiger partial charge in [-0.3, -0.25) is 0 Å². The number of halogens is 2. The van der Waals surface area contributed by atoms with Crippen molar-refractivity contribution in [3.63, 3.8) is 0 Å². The summed E-state index contributed by atoms with van der Waals surface area (Å²) in [6.07, 6.45) is 0.926. The van der Waals surface area contributed by atoms with Crippen LogP contribution in [0.25, 0.3) is 5.69 Å². The van der Waals surface area contributed by atoms with E-state index in [2.05, 4.69) is 20.3 Å². The van der Waals surface area contributed by atoms with E-state index in [9.17, 15) is 13.6 Å². The van der Waals surface area contributed by atoms with Crippen LogP contribution in [0.3, 0.4) is 0 Å². The van der Waals surface area contributed by atoms with Gasteiger partial charge in [0.15, 0.2) is 0 Å². The van der Waals surface area contributed by atoms with Crippen LogP contribution in [-0.2, 0) is 4.74 Å². The highest BCUT2D eigenvalue weighted by Gasteiger charge is 2.15. The molecule has 3 rings (SSSR count). The molecule has 1 atom stereocenters. The molecule has 3 aromatic rings. The number of rotatable bonds is 6. The molecule has 26 heavy (non-hydrogen) atoms. The number of esters is 1. The number of carbonyl (C=O) groups excluding carboxylic acids is 1. The third kappa shape index (κ3) is 4.18. The zero-order chi connectivity index (χ0) is 18.5. The van der Waals surface area contributed by atoms with Gasteiger partial charge in [-0.25, -0.2) is 9.48 Å². The highest BCUT2D eigenvalue weighted by atomic mass is 19.3. The Bertz CT molecular complexity index is 870. The molecule has 0 aliphatic rings. The zero-order valence-electron chi connectivity index (χ0n) is 13.6. The monoisotopic (exact) mass is 360 g/mol. The van der Waals surface area contributed by atoms with Crippen molar-refractivity contribution in [2.75, 3.05) is 0 Å². The molecule has 0 spiro atoms. The maximum absolute atomic E-state index is 12.2. The summed E-state index contributed by atoms with van der Waals surface area (Å²) in [6, 6.07) is 12.5. The first-order valence-corrected chi connectivity index (χ1v) is 7.62. The van der Waals surface area contributed by atoms with Gasteiger partial charge >= 0.3 is 12.6 Å². The Morgan fingerprint density at radius 3 is 2.58 bits per heavy atom. The standard InChI is InChI=1S/C17H14F2N4O3/c1-11(13-3-2-4-14(9-13)23-10-20-21-22-23)25-16(24)12-5-7-15(8-6-12)26-17(18)19/h2-11,17H,1H3. The van der Waals surface area contributed by atoms with E-state index in [1.165, 1.54) is 35.3 Å². The van der Waals surface area contributed by atoms with Crippen molar-refractivity contribution in [3.8, 4) is 11.4 Å². The topological polar surface area (TPSA) is 79.1 Å². The molecular weight excluding hydrogens is 346 g/mol. The van der Waals surface area contributed by atoms with Gasteiger partial charge in [0.1, 0.15) is 18.2 Å². The lowest BCUT2D eigenvalue weighted by atomic mass is 10.1. The van der Waals surface area contributed by atoms with Gasteiger partial charge in [-0.05, 0) is 59.3 Å². The highest BCUT2D eigenvalue weighted by molar-refractivity contribution is 5.89. The second-order valence-corrected chi connectivity index (χ2v) is 5.30. The van der Waals surface area contributed by atoms with E-state index in [1.54, 1.807) is 19.1 Å². The second kappa shape index (κ2) is 7.68. The van der Waals surface area contributed by atoms with Crippen molar-refractivity contribution < 1.29 is 23.0 Å². The summed E-state index contributed by atoms with van der Waals surface area (Å²) in [5.41, 5.74) is 1.71. The molecule has 0 saturated carbocycles. The molecule has 0 N–H and O–H groups in total. The van der Waals surface area contributed by atoms with Gasteiger partial charge in [0.2, 0.25) is 0 Å². The normalized spacial score (nSPS) is 12.0. The molecule has 0 bridgehead atoms. The molecule has 2 aromatic carbocycles. The SMILES string of the molecule is CC(OC(=O)c1ccc(OC(F)F)cc1)c1cccc(-n2cnnn2)c1. The van der Waals surface area contributed by atoms with Gasteiger partial charge < -0.3 is 9.47 Å². The van der Waals surface area contributed by atoms with E-state index in [0.29, 0.717) is 0 Å². The van der Waals surface area contributed by atoms with Crippen LogP contribution in [0.1, 0.15) is 28.9 Å². The van der Waals surface area contributed by atoms with Crippen molar-refractivity contribution >= 4 is 5.97 Å². The number of carbonyl (C=O) groups is 1. The first-order chi connectivity index (χ1) is 12.5. The van der Waals surface area contributed by atoms with Crippen LogP contribution in [0.15, 0.2) is 54.9 Å². The molecule has 1 unspecified atom stereocenters. The predicted molar refractivity (Wildman–Crippen MR) is 86.1 cm³/mol. The fourth-order valence-corrected chi connectivity index (χ4v) is 2.27. The van der Waals surface area contributed by atoms with Crippen LogP contribution in [-0.4, -0.2) is 32.8 Å². The van der Waals surface area contributed by atoms with E-state index in [1.807, 2.05) is 12.1 Å². The Morgan fingerprint density at radius 2 is 1.92 bits per heavy atom. The van der Waals surface area contributed by atoms with Crippen LogP contribution in [0.2, 0.25) is 0 Å². The Kier molecular flexibility index (Phi) is 5.16. The molecule has 0 amide bonds. The Morgan fingerprint density at radius 1 is 1.15 bits per heavy atom. The van der Waals surface area contributed by atoms with Gasteiger partial charge in [0.25, 0.3) is 0 Å². The largest absolute Gasteiger partial charge is 0.454 e. The fraction of sp³-hybridized carbons (Fsp3) is 0.176. The molecule has 0 aliphatic heterocycles. The molecule has 0 aliphatic carbocycles. The first-order valence-electron chi connectivity index (χ1n) is 7.62. The van der Waals surface area contributed by atoms with Crippen LogP contribution in [0.4, 0.5) is 8.78 Å². The number of hydrogen-bond donors (Lipinski definition) is 0. The summed E-state index contributed by atoms with van der Waals surface area (Å²) < 4.78 is 35.4. The average Bonchev–Trinajstić information content (AvgIpc) is 3.16. The molecule has 1 aromatic heterocycles. The summed E-state index contributed by atoms with van der Waals surface area (Å²) >= 11 is 0. The number of tetrazole rings is 1. The van der Waals surface area contributed by atoms with Crippen molar-refractivity contribution in [2.45, 2.75) is 19.6 Å². The summed E-state index contributed by atoms with van der Waals surface area (Å²) in [4.78, 5) is 12.2. The van der Waals surface area contributed by atoms with Gasteiger partial charge in [-0.1, -0.05) is 12.1 Å². The minimum absolute atomic E-state index is 0.0289. The van der Waals surface area contributed by atoms with Crippen molar-refractivity contribution in [1.82, 2.24) is 20.2 Å². The maximum Gasteiger partial charge on any atom is 0.387 e. The molecular formula is C17H14F2N4O3. The van der Waals surface area contributed by atoms with Gasteiger partial charge in [-0.2, -0.15) is 8.78 Å². The van der Waals surface area contributed by atoms with E-state index in [0.717, 1.165) is 11.3 Å². The number of nitrogens with zero attached hydrogens (tertiary/aromatic N) is 4. The Balaban J connectivity index is 1.68. The molecule has 9 heteroatoms. The van der Waals surface area contributed by atoms with Crippen LogP contribution < -0.4 is 4.74 Å². The molecule has 7 nitrogen and oxygen atoms in total. The lowest BCUT2D eigenvalue weighted by molar-refractivity contribution is -0.0498. The summed E-state index contributed by atoms with van der Waals surface area (Å²) in [5.74, 6) is -0.604. The summed E-state index contributed by atoms with van der Waals surface area (Å²) in [7, 11) is 0. The van der Waals surface area contributed by atoms with Gasteiger partial charge in [0, 0.05) is 0 Å². The third-order valence-electron chi connectivity index (χ3n) is 3.55. The third-order valence-corrected chi connectivity index (χ3v) is 3.55. The minimum Gasteiger partial charge on any atom is -0.454 e. The molecule has 0 fully saturated rings. The van der Waals surface area contributed by atoms with E-state index < -0.39 is 18.7 Å². The summed E-state index contributed by atoms with van der Waals surface area (Å²) in [5, 5.41) is 11.0. The van der Waals surface area contributed by atoms with Crippen molar-refractivity contribution in [3.05, 3.63) is 66.0 Å². The zero-order valence-corrected chi connectivity index (χ0v) is 13.6. The Hall–Kier alpha value is -3.36. The van der Waals surface area contributed by atoms with Crippen LogP contribution >= 0.6 is 0 Å². The molecule has 0 radical (unpaired) electrons. The number of aromatic nitrogens is 4. The van der Waals surface area contributed by atoms with Crippen molar-refractivity contribution in [2.24, 2.45) is 0 Å². The quantitative estimate of drug-likeness (QED) is 0.628. The molecule has 0 saturated heterocycles. The lowest BCUT2D eigenvalue weighted by Gasteiger charge is -2.15. The number of alkyl halides is 2. The number of benzene rings is 2. The molecule has 1 heterocycles. The van der Waals surface area contributed by atoms with E-state index >= 15 is 0 Å². The first kappa shape index (κ1) is 17.5. The van der Waals surface area contributed by atoms with Crippen LogP contribution in [0, 0.1) is 0 Å². The predicted octanol–water partition coefficient (Wildman–Crippen LogP) is 3.18. The van der Waals surface area contributed by atoms with E-state index in [4.69, 9.17) is 4.74 Å². The number of hydrogen-bond acceptors (Lipinski definition) is 6. The Labute approximate surface area is 147 Å². The fourth-order valence-electron chi connectivity index (χ4n) is 2.27. The van der Waals surface area contributed by atoms with E-state index in [-0.39, 0.29) is 11.3 Å².